The van der Waals surface area contributed by atoms with E-state index in [0.717, 1.165) is 37.9 Å². The molecule has 2 heterocycles. The van der Waals surface area contributed by atoms with Crippen LogP contribution in [-0.4, -0.2) is 41.0 Å². The van der Waals surface area contributed by atoms with Gasteiger partial charge in [0.05, 0.1) is 5.69 Å². The number of aromatic nitrogens is 1. The van der Waals surface area contributed by atoms with Crippen LogP contribution in [0.2, 0.25) is 0 Å². The summed E-state index contributed by atoms with van der Waals surface area (Å²) in [5.74, 6) is 0.145. The highest BCUT2D eigenvalue weighted by Gasteiger charge is 2.26. The lowest BCUT2D eigenvalue weighted by atomic mass is 10.2. The molecule has 1 aromatic heterocycles. The average molecular weight is 338 g/mol. The van der Waals surface area contributed by atoms with Gasteiger partial charge in [-0.1, -0.05) is 27.2 Å². The molecular weight excluding hydrogens is 312 g/mol. The molecule has 7 heteroatoms. The molecule has 1 fully saturated rings. The summed E-state index contributed by atoms with van der Waals surface area (Å²) in [5, 5.41) is 6.43. The SMILES string of the molecule is CCCc1nc(NC(=O)NC2CCN(C(=O)CC)C2)sc1CC. The molecule has 1 atom stereocenters. The van der Waals surface area contributed by atoms with Gasteiger partial charge in [-0.15, -0.1) is 11.3 Å². The van der Waals surface area contributed by atoms with Crippen molar-refractivity contribution in [2.24, 2.45) is 0 Å². The van der Waals surface area contributed by atoms with Crippen LogP contribution >= 0.6 is 11.3 Å². The quantitative estimate of drug-likeness (QED) is 0.837. The molecule has 128 valence electrons. The number of urea groups is 1. The molecule has 1 aliphatic rings. The van der Waals surface area contributed by atoms with Crippen molar-refractivity contribution in [2.45, 2.75) is 58.9 Å². The van der Waals surface area contributed by atoms with Gasteiger partial charge in [0, 0.05) is 30.4 Å². The molecule has 1 unspecified atom stereocenters. The van der Waals surface area contributed by atoms with Gasteiger partial charge in [-0.3, -0.25) is 10.1 Å². The normalized spacial score (nSPS) is 17.3. The van der Waals surface area contributed by atoms with Crippen LogP contribution in [0.15, 0.2) is 0 Å². The maximum atomic E-state index is 12.1. The monoisotopic (exact) mass is 338 g/mol. The summed E-state index contributed by atoms with van der Waals surface area (Å²) in [7, 11) is 0. The van der Waals surface area contributed by atoms with Crippen molar-refractivity contribution in [3.8, 4) is 0 Å². The lowest BCUT2D eigenvalue weighted by Gasteiger charge is -2.16. The number of hydrogen-bond acceptors (Lipinski definition) is 4. The van der Waals surface area contributed by atoms with Crippen LogP contribution in [0.4, 0.5) is 9.93 Å². The van der Waals surface area contributed by atoms with Gasteiger partial charge >= 0.3 is 6.03 Å². The molecular formula is C16H26N4O2S. The van der Waals surface area contributed by atoms with Gasteiger partial charge in [-0.05, 0) is 19.3 Å². The van der Waals surface area contributed by atoms with Gasteiger partial charge < -0.3 is 10.2 Å². The van der Waals surface area contributed by atoms with Crippen LogP contribution in [0.3, 0.4) is 0 Å². The zero-order valence-corrected chi connectivity index (χ0v) is 15.0. The van der Waals surface area contributed by atoms with E-state index < -0.39 is 0 Å². The molecule has 2 N–H and O–H groups in total. The lowest BCUT2D eigenvalue weighted by molar-refractivity contribution is -0.129. The summed E-state index contributed by atoms with van der Waals surface area (Å²) in [5.41, 5.74) is 1.09. The third-order valence-electron chi connectivity index (χ3n) is 3.99. The molecule has 0 bridgehead atoms. The van der Waals surface area contributed by atoms with Crippen molar-refractivity contribution < 1.29 is 9.59 Å². The maximum absolute atomic E-state index is 12.1. The number of thiazole rings is 1. The van der Waals surface area contributed by atoms with Gasteiger partial charge in [0.15, 0.2) is 5.13 Å². The van der Waals surface area contributed by atoms with E-state index in [4.69, 9.17) is 0 Å². The molecule has 0 aromatic carbocycles. The van der Waals surface area contributed by atoms with Gasteiger partial charge in [-0.2, -0.15) is 0 Å². The van der Waals surface area contributed by atoms with Crippen molar-refractivity contribution in [1.82, 2.24) is 15.2 Å². The number of carbonyl (C=O) groups excluding carboxylic acids is 2. The molecule has 1 aliphatic heterocycles. The Morgan fingerprint density at radius 2 is 2.13 bits per heavy atom. The number of likely N-dealkylation sites (tertiary alicyclic amines) is 1. The average Bonchev–Trinajstić information content (AvgIpc) is 3.13. The molecule has 23 heavy (non-hydrogen) atoms. The van der Waals surface area contributed by atoms with Crippen molar-refractivity contribution in [2.75, 3.05) is 18.4 Å². The van der Waals surface area contributed by atoms with E-state index in [2.05, 4.69) is 29.5 Å². The predicted octanol–water partition coefficient (Wildman–Crippen LogP) is 2.79. The molecule has 0 aliphatic carbocycles. The van der Waals surface area contributed by atoms with Crippen LogP contribution in [0.5, 0.6) is 0 Å². The lowest BCUT2D eigenvalue weighted by Crippen LogP contribution is -2.40. The zero-order valence-electron chi connectivity index (χ0n) is 14.1. The second kappa shape index (κ2) is 8.29. The Morgan fingerprint density at radius 1 is 1.35 bits per heavy atom. The van der Waals surface area contributed by atoms with Gasteiger partial charge in [0.2, 0.25) is 5.91 Å². The first-order valence-electron chi connectivity index (χ1n) is 8.41. The number of rotatable bonds is 6. The van der Waals surface area contributed by atoms with Crippen molar-refractivity contribution in [1.29, 1.82) is 0 Å². The van der Waals surface area contributed by atoms with E-state index in [1.807, 2.05) is 11.8 Å². The number of hydrogen-bond donors (Lipinski definition) is 2. The smallest absolute Gasteiger partial charge is 0.321 e. The number of nitrogens with one attached hydrogen (secondary N) is 2. The minimum absolute atomic E-state index is 0.0196. The molecule has 0 saturated carbocycles. The molecule has 0 radical (unpaired) electrons. The fourth-order valence-corrected chi connectivity index (χ4v) is 3.73. The Morgan fingerprint density at radius 3 is 2.78 bits per heavy atom. The summed E-state index contributed by atoms with van der Waals surface area (Å²) in [6, 6.07) is -0.216. The largest absolute Gasteiger partial charge is 0.341 e. The Hall–Kier alpha value is -1.63. The summed E-state index contributed by atoms with van der Waals surface area (Å²) in [4.78, 5) is 31.4. The van der Waals surface area contributed by atoms with Crippen LogP contribution in [0, 0.1) is 0 Å². The van der Waals surface area contributed by atoms with Crippen LogP contribution in [0.25, 0.3) is 0 Å². The van der Waals surface area contributed by atoms with Crippen LogP contribution < -0.4 is 10.6 Å². The first-order chi connectivity index (χ1) is 11.1. The second-order valence-electron chi connectivity index (χ2n) is 5.77. The Balaban J connectivity index is 1.87. The summed E-state index contributed by atoms with van der Waals surface area (Å²) in [6.07, 6.45) is 4.24. The third kappa shape index (κ3) is 4.67. The standard InChI is InChI=1S/C16H26N4O2S/c1-4-7-12-13(5-2)23-16(18-12)19-15(22)17-11-8-9-20(10-11)14(21)6-3/h11H,4-10H2,1-3H3,(H2,17,18,19,22). The highest BCUT2D eigenvalue weighted by molar-refractivity contribution is 7.15. The van der Waals surface area contributed by atoms with E-state index >= 15 is 0 Å². The van der Waals surface area contributed by atoms with Crippen molar-refractivity contribution in [3.05, 3.63) is 10.6 Å². The van der Waals surface area contributed by atoms with E-state index in [-0.39, 0.29) is 18.0 Å². The molecule has 2 rings (SSSR count). The molecule has 6 nitrogen and oxygen atoms in total. The van der Waals surface area contributed by atoms with Crippen LogP contribution in [-0.2, 0) is 17.6 Å². The second-order valence-corrected chi connectivity index (χ2v) is 6.85. The molecule has 1 aromatic rings. The fourth-order valence-electron chi connectivity index (χ4n) is 2.79. The number of nitrogens with zero attached hydrogens (tertiary/aromatic N) is 2. The number of carbonyl (C=O) groups is 2. The summed E-state index contributed by atoms with van der Waals surface area (Å²) >= 11 is 1.55. The minimum atomic E-state index is -0.236. The van der Waals surface area contributed by atoms with E-state index in [1.54, 1.807) is 11.3 Å². The Labute approximate surface area is 141 Å². The number of aryl methyl sites for hydroxylation is 2. The summed E-state index contributed by atoms with van der Waals surface area (Å²) in [6.45, 7) is 7.41. The molecule has 3 amide bonds. The molecule has 0 spiro atoms. The van der Waals surface area contributed by atoms with E-state index in [0.29, 0.717) is 18.1 Å². The maximum Gasteiger partial charge on any atom is 0.321 e. The fraction of sp³-hybridized carbons (Fsp3) is 0.688. The van der Waals surface area contributed by atoms with Gasteiger partial charge in [0.1, 0.15) is 0 Å². The summed E-state index contributed by atoms with van der Waals surface area (Å²) < 4.78 is 0. The van der Waals surface area contributed by atoms with Crippen molar-refractivity contribution >= 4 is 28.4 Å². The Bertz CT molecular complexity index is 558. The van der Waals surface area contributed by atoms with Crippen LogP contribution in [0.1, 0.15) is 50.6 Å². The molecule has 1 saturated heterocycles. The first-order valence-corrected chi connectivity index (χ1v) is 9.22. The number of anilines is 1. The van der Waals surface area contributed by atoms with E-state index in [1.165, 1.54) is 4.88 Å². The van der Waals surface area contributed by atoms with Crippen molar-refractivity contribution in [3.63, 3.8) is 0 Å². The topological polar surface area (TPSA) is 74.3 Å². The van der Waals surface area contributed by atoms with E-state index in [9.17, 15) is 9.59 Å². The predicted molar refractivity (Wildman–Crippen MR) is 92.9 cm³/mol. The van der Waals surface area contributed by atoms with Gasteiger partial charge in [0.25, 0.3) is 0 Å². The number of amides is 3. The first kappa shape index (κ1) is 17.7. The van der Waals surface area contributed by atoms with Gasteiger partial charge in [-0.25, -0.2) is 9.78 Å². The minimum Gasteiger partial charge on any atom is -0.341 e. The third-order valence-corrected chi connectivity index (χ3v) is 5.14. The highest BCUT2D eigenvalue weighted by Crippen LogP contribution is 2.24. The Kier molecular flexibility index (Phi) is 6.38. The zero-order chi connectivity index (χ0) is 16.8. The highest BCUT2D eigenvalue weighted by atomic mass is 32.1.